The zero-order valence-corrected chi connectivity index (χ0v) is 13.9. The number of amides is 1. The number of pyridine rings is 1. The summed E-state index contributed by atoms with van der Waals surface area (Å²) in [4.78, 5) is 19.9. The Morgan fingerprint density at radius 1 is 1.04 bits per heavy atom. The summed E-state index contributed by atoms with van der Waals surface area (Å²) in [6.07, 6.45) is 4.96. The van der Waals surface area contributed by atoms with Crippen molar-refractivity contribution in [2.75, 3.05) is 38.1 Å². The molecule has 0 radical (unpaired) electrons. The molecule has 0 bridgehead atoms. The Balaban J connectivity index is 2.04. The molecule has 1 aromatic heterocycles. The topological polar surface area (TPSA) is 45.7 Å². The summed E-state index contributed by atoms with van der Waals surface area (Å²) in [5.41, 5.74) is 2.81. The van der Waals surface area contributed by atoms with Crippen LogP contribution in [0.4, 0.5) is 11.4 Å². The van der Waals surface area contributed by atoms with Gasteiger partial charge in [-0.15, -0.1) is 0 Å². The molecular formula is C18H21N3O2. The Morgan fingerprint density at radius 3 is 2.22 bits per heavy atom. The quantitative estimate of drug-likeness (QED) is 0.797. The van der Waals surface area contributed by atoms with E-state index in [1.54, 1.807) is 44.6 Å². The number of methoxy groups -OCH3 is 1. The molecule has 0 aliphatic heterocycles. The molecule has 0 atom stereocenters. The molecule has 0 saturated carbocycles. The molecule has 0 saturated heterocycles. The van der Waals surface area contributed by atoms with Gasteiger partial charge in [-0.05, 0) is 29.8 Å². The normalized spacial score (nSPS) is 10.6. The predicted octanol–water partition coefficient (Wildman–Crippen LogP) is 2.83. The van der Waals surface area contributed by atoms with Gasteiger partial charge < -0.3 is 14.5 Å². The van der Waals surface area contributed by atoms with Crippen LogP contribution in [0.2, 0.25) is 0 Å². The molecule has 5 heteroatoms. The fourth-order valence-electron chi connectivity index (χ4n) is 1.98. The minimum absolute atomic E-state index is 0.117. The lowest BCUT2D eigenvalue weighted by Crippen LogP contribution is -2.24. The van der Waals surface area contributed by atoms with Crippen molar-refractivity contribution < 1.29 is 9.53 Å². The van der Waals surface area contributed by atoms with Crippen LogP contribution in [0.3, 0.4) is 0 Å². The second kappa shape index (κ2) is 7.45. The van der Waals surface area contributed by atoms with Gasteiger partial charge >= 0.3 is 0 Å². The lowest BCUT2D eigenvalue weighted by molar-refractivity contribution is -0.113. The van der Waals surface area contributed by atoms with Crippen molar-refractivity contribution in [2.45, 2.75) is 0 Å². The summed E-state index contributed by atoms with van der Waals surface area (Å²) in [6.45, 7) is 0. The summed E-state index contributed by atoms with van der Waals surface area (Å²) >= 11 is 0. The Morgan fingerprint density at radius 2 is 1.70 bits per heavy atom. The lowest BCUT2D eigenvalue weighted by Gasteiger charge is -2.15. The van der Waals surface area contributed by atoms with Crippen LogP contribution in [0, 0.1) is 0 Å². The Kier molecular flexibility index (Phi) is 5.36. The molecule has 0 aliphatic carbocycles. The molecule has 120 valence electrons. The van der Waals surface area contributed by atoms with Crippen LogP contribution in [-0.4, -0.2) is 39.1 Å². The number of ether oxygens (including phenoxy) is 1. The molecule has 2 aromatic rings. The van der Waals surface area contributed by atoms with Gasteiger partial charge in [-0.25, -0.2) is 4.98 Å². The largest absolute Gasteiger partial charge is 0.481 e. The van der Waals surface area contributed by atoms with E-state index in [-0.39, 0.29) is 5.91 Å². The van der Waals surface area contributed by atoms with Crippen molar-refractivity contribution in [2.24, 2.45) is 0 Å². The third-order valence-corrected chi connectivity index (χ3v) is 3.48. The molecule has 23 heavy (non-hydrogen) atoms. The fraction of sp³-hybridized carbons (Fsp3) is 0.222. The Hall–Kier alpha value is -2.82. The van der Waals surface area contributed by atoms with E-state index in [2.05, 4.69) is 4.98 Å². The molecule has 1 aromatic carbocycles. The number of hydrogen-bond donors (Lipinski definition) is 0. The van der Waals surface area contributed by atoms with Crippen molar-refractivity contribution in [3.8, 4) is 5.88 Å². The van der Waals surface area contributed by atoms with E-state index >= 15 is 0 Å². The smallest absolute Gasteiger partial charge is 0.250 e. The Labute approximate surface area is 136 Å². The van der Waals surface area contributed by atoms with E-state index in [0.717, 1.165) is 11.3 Å². The number of anilines is 2. The summed E-state index contributed by atoms with van der Waals surface area (Å²) in [5.74, 6) is 0.403. The lowest BCUT2D eigenvalue weighted by atomic mass is 10.2. The molecule has 0 N–H and O–H groups in total. The third kappa shape index (κ3) is 4.32. The van der Waals surface area contributed by atoms with Crippen LogP contribution >= 0.6 is 0 Å². The standard InChI is InChI=1S/C18H21N3O2/c1-20(2)15-8-5-14(6-9-15)7-12-18(22)21(3)16-10-11-17(23-4)19-13-16/h5-13H,1-4H3/b12-7-. The number of carbonyl (C=O) groups is 1. The first kappa shape index (κ1) is 16.5. The number of benzene rings is 1. The van der Waals surface area contributed by atoms with E-state index < -0.39 is 0 Å². The molecule has 0 spiro atoms. The molecular weight excluding hydrogens is 290 g/mol. The molecule has 1 heterocycles. The predicted molar refractivity (Wildman–Crippen MR) is 94.0 cm³/mol. The zero-order chi connectivity index (χ0) is 16.8. The highest BCUT2D eigenvalue weighted by Gasteiger charge is 2.08. The van der Waals surface area contributed by atoms with E-state index in [4.69, 9.17) is 4.74 Å². The summed E-state index contributed by atoms with van der Waals surface area (Å²) < 4.78 is 5.01. The van der Waals surface area contributed by atoms with Gasteiger partial charge in [0.2, 0.25) is 5.88 Å². The molecule has 5 nitrogen and oxygen atoms in total. The van der Waals surface area contributed by atoms with Gasteiger partial charge in [-0.3, -0.25) is 4.79 Å². The van der Waals surface area contributed by atoms with E-state index in [1.807, 2.05) is 43.3 Å². The molecule has 0 unspecified atom stereocenters. The number of nitrogens with zero attached hydrogens (tertiary/aromatic N) is 3. The van der Waals surface area contributed by atoms with Gasteiger partial charge in [0.25, 0.3) is 5.91 Å². The van der Waals surface area contributed by atoms with Gasteiger partial charge in [0.05, 0.1) is 19.0 Å². The highest BCUT2D eigenvalue weighted by atomic mass is 16.5. The van der Waals surface area contributed by atoms with Crippen molar-refractivity contribution in [3.05, 3.63) is 54.2 Å². The number of aromatic nitrogens is 1. The van der Waals surface area contributed by atoms with E-state index in [0.29, 0.717) is 11.6 Å². The van der Waals surface area contributed by atoms with Gasteiger partial charge in [-0.1, -0.05) is 12.1 Å². The second-order valence-corrected chi connectivity index (χ2v) is 5.28. The van der Waals surface area contributed by atoms with Crippen LogP contribution in [-0.2, 0) is 4.79 Å². The van der Waals surface area contributed by atoms with Crippen LogP contribution in [0.5, 0.6) is 5.88 Å². The summed E-state index contributed by atoms with van der Waals surface area (Å²) in [7, 11) is 7.25. The average molecular weight is 311 g/mol. The summed E-state index contributed by atoms with van der Waals surface area (Å²) in [5, 5.41) is 0. The minimum Gasteiger partial charge on any atom is -0.481 e. The van der Waals surface area contributed by atoms with E-state index in [9.17, 15) is 4.79 Å². The van der Waals surface area contributed by atoms with Crippen LogP contribution in [0.15, 0.2) is 48.7 Å². The van der Waals surface area contributed by atoms with Crippen LogP contribution in [0.25, 0.3) is 6.08 Å². The van der Waals surface area contributed by atoms with Crippen molar-refractivity contribution >= 4 is 23.4 Å². The maximum absolute atomic E-state index is 12.2. The number of likely N-dealkylation sites (N-methyl/N-ethyl adjacent to an activating group) is 1. The maximum Gasteiger partial charge on any atom is 0.250 e. The van der Waals surface area contributed by atoms with Crippen molar-refractivity contribution in [1.29, 1.82) is 0 Å². The molecule has 1 amide bonds. The SMILES string of the molecule is COc1ccc(N(C)C(=O)/C=C\c2ccc(N(C)C)cc2)cn1. The third-order valence-electron chi connectivity index (χ3n) is 3.48. The highest BCUT2D eigenvalue weighted by Crippen LogP contribution is 2.16. The maximum atomic E-state index is 12.2. The molecule has 0 fully saturated rings. The zero-order valence-electron chi connectivity index (χ0n) is 13.9. The fourth-order valence-corrected chi connectivity index (χ4v) is 1.98. The number of hydrogen-bond acceptors (Lipinski definition) is 4. The first-order valence-corrected chi connectivity index (χ1v) is 7.24. The van der Waals surface area contributed by atoms with Crippen molar-refractivity contribution in [1.82, 2.24) is 4.98 Å². The monoisotopic (exact) mass is 311 g/mol. The first-order chi connectivity index (χ1) is 11.0. The summed E-state index contributed by atoms with van der Waals surface area (Å²) in [6, 6.07) is 11.5. The number of carbonyl (C=O) groups excluding carboxylic acids is 1. The minimum atomic E-state index is -0.117. The van der Waals surface area contributed by atoms with E-state index in [1.165, 1.54) is 4.90 Å². The van der Waals surface area contributed by atoms with Gasteiger partial charge in [0.1, 0.15) is 0 Å². The van der Waals surface area contributed by atoms with Gasteiger partial charge in [0, 0.05) is 39.0 Å². The number of rotatable bonds is 5. The average Bonchev–Trinajstić information content (AvgIpc) is 2.59. The molecule has 0 aliphatic rings. The highest BCUT2D eigenvalue weighted by molar-refractivity contribution is 6.03. The van der Waals surface area contributed by atoms with Crippen LogP contribution < -0.4 is 14.5 Å². The second-order valence-electron chi connectivity index (χ2n) is 5.28. The van der Waals surface area contributed by atoms with Gasteiger partial charge in [0.15, 0.2) is 0 Å². The molecule has 2 rings (SSSR count). The van der Waals surface area contributed by atoms with Gasteiger partial charge in [-0.2, -0.15) is 0 Å². The first-order valence-electron chi connectivity index (χ1n) is 7.24. The van der Waals surface area contributed by atoms with Crippen LogP contribution in [0.1, 0.15) is 5.56 Å². The Bertz CT molecular complexity index is 676. The van der Waals surface area contributed by atoms with Crippen molar-refractivity contribution in [3.63, 3.8) is 0 Å².